The number of aliphatic hydroxyl groups is 1. The lowest BCUT2D eigenvalue weighted by Gasteiger charge is -2.27. The highest BCUT2D eigenvalue weighted by Gasteiger charge is 2.24. The van der Waals surface area contributed by atoms with Crippen LogP contribution >= 0.6 is 0 Å². The summed E-state index contributed by atoms with van der Waals surface area (Å²) < 4.78 is 5.30. The number of hydrogen-bond donors (Lipinski definition) is 2. The molecule has 0 bridgehead atoms. The number of aryl methyl sites for hydroxylation is 1. The molecule has 0 amide bonds. The van der Waals surface area contributed by atoms with Crippen LogP contribution in [0.1, 0.15) is 30.1 Å². The van der Waals surface area contributed by atoms with Crippen molar-refractivity contribution in [2.24, 2.45) is 5.92 Å². The predicted octanol–water partition coefficient (Wildman–Crippen LogP) is 2.04. The van der Waals surface area contributed by atoms with Crippen LogP contribution in [0.2, 0.25) is 0 Å². The number of rotatable bonds is 2. The van der Waals surface area contributed by atoms with Crippen LogP contribution in [0.15, 0.2) is 18.2 Å². The Morgan fingerprint density at radius 1 is 1.38 bits per heavy atom. The van der Waals surface area contributed by atoms with Gasteiger partial charge in [0.05, 0.1) is 6.10 Å². The smallest absolute Gasteiger partial charge is 0.0839 e. The molecule has 3 nitrogen and oxygen atoms in total. The van der Waals surface area contributed by atoms with E-state index in [1.165, 1.54) is 0 Å². The van der Waals surface area contributed by atoms with E-state index in [4.69, 9.17) is 10.5 Å². The number of nitrogen functional groups attached to an aromatic ring is 1. The Balaban J connectivity index is 2.18. The van der Waals surface area contributed by atoms with E-state index >= 15 is 0 Å². The molecule has 3 heteroatoms. The Hall–Kier alpha value is -1.06. The normalized spacial score (nSPS) is 19.6. The van der Waals surface area contributed by atoms with Gasteiger partial charge in [0.25, 0.3) is 0 Å². The van der Waals surface area contributed by atoms with E-state index in [2.05, 4.69) is 0 Å². The number of anilines is 1. The number of nitrogens with two attached hydrogens (primary N) is 1. The van der Waals surface area contributed by atoms with Crippen LogP contribution in [0.4, 0.5) is 5.69 Å². The Morgan fingerprint density at radius 3 is 2.75 bits per heavy atom. The molecular formula is C13H19NO2. The Morgan fingerprint density at radius 2 is 2.06 bits per heavy atom. The third-order valence-electron chi connectivity index (χ3n) is 3.27. The molecule has 0 aliphatic carbocycles. The van der Waals surface area contributed by atoms with E-state index in [0.29, 0.717) is 5.69 Å². The Bertz CT molecular complexity index is 359. The molecule has 1 atom stereocenters. The van der Waals surface area contributed by atoms with Crippen molar-refractivity contribution in [2.45, 2.75) is 25.9 Å². The van der Waals surface area contributed by atoms with Gasteiger partial charge in [0.2, 0.25) is 0 Å². The van der Waals surface area contributed by atoms with Crippen LogP contribution in [0.3, 0.4) is 0 Å². The lowest BCUT2D eigenvalue weighted by Crippen LogP contribution is -2.22. The minimum absolute atomic E-state index is 0.276. The van der Waals surface area contributed by atoms with Crippen LogP contribution in [-0.2, 0) is 4.74 Å². The van der Waals surface area contributed by atoms with Gasteiger partial charge in [-0.2, -0.15) is 0 Å². The third-order valence-corrected chi connectivity index (χ3v) is 3.27. The van der Waals surface area contributed by atoms with E-state index in [1.807, 2.05) is 25.1 Å². The summed E-state index contributed by atoms with van der Waals surface area (Å²) in [6.45, 7) is 3.50. The molecule has 3 N–H and O–H groups in total. The van der Waals surface area contributed by atoms with E-state index < -0.39 is 6.10 Å². The Labute approximate surface area is 96.2 Å². The molecule has 0 aromatic heterocycles. The summed E-state index contributed by atoms with van der Waals surface area (Å²) in [5.74, 6) is 0.276. The van der Waals surface area contributed by atoms with Gasteiger partial charge in [0, 0.05) is 24.5 Å². The van der Waals surface area contributed by atoms with Gasteiger partial charge in [0.1, 0.15) is 0 Å². The zero-order valence-corrected chi connectivity index (χ0v) is 9.65. The fourth-order valence-electron chi connectivity index (χ4n) is 2.24. The SMILES string of the molecule is Cc1ccc(N)c(C(O)C2CCOCC2)c1. The molecule has 1 aliphatic heterocycles. The van der Waals surface area contributed by atoms with Gasteiger partial charge in [-0.1, -0.05) is 17.7 Å². The minimum Gasteiger partial charge on any atom is -0.398 e. The molecule has 0 saturated carbocycles. The van der Waals surface area contributed by atoms with E-state index in [0.717, 1.165) is 37.2 Å². The molecule has 88 valence electrons. The van der Waals surface area contributed by atoms with Crippen molar-refractivity contribution in [3.63, 3.8) is 0 Å². The average molecular weight is 221 g/mol. The first-order valence-electron chi connectivity index (χ1n) is 5.80. The highest BCUT2D eigenvalue weighted by atomic mass is 16.5. The number of benzene rings is 1. The highest BCUT2D eigenvalue weighted by Crippen LogP contribution is 2.33. The molecule has 1 aliphatic rings. The molecular weight excluding hydrogens is 202 g/mol. The molecule has 1 unspecified atom stereocenters. The summed E-state index contributed by atoms with van der Waals surface area (Å²) in [5, 5.41) is 10.3. The summed E-state index contributed by atoms with van der Waals surface area (Å²) in [5.41, 5.74) is 8.59. The molecule has 1 fully saturated rings. The minimum atomic E-state index is -0.455. The topological polar surface area (TPSA) is 55.5 Å². The third kappa shape index (κ3) is 2.36. The molecule has 2 rings (SSSR count). The van der Waals surface area contributed by atoms with Crippen molar-refractivity contribution in [2.75, 3.05) is 18.9 Å². The summed E-state index contributed by atoms with van der Waals surface area (Å²) in [7, 11) is 0. The van der Waals surface area contributed by atoms with Gasteiger partial charge in [-0.3, -0.25) is 0 Å². The zero-order valence-electron chi connectivity index (χ0n) is 9.65. The fourth-order valence-corrected chi connectivity index (χ4v) is 2.24. The van der Waals surface area contributed by atoms with Crippen molar-refractivity contribution in [1.82, 2.24) is 0 Å². The van der Waals surface area contributed by atoms with Gasteiger partial charge in [0.15, 0.2) is 0 Å². The number of ether oxygens (including phenoxy) is 1. The average Bonchev–Trinajstić information content (AvgIpc) is 2.32. The summed E-state index contributed by atoms with van der Waals surface area (Å²) in [6.07, 6.45) is 1.37. The predicted molar refractivity (Wildman–Crippen MR) is 64.1 cm³/mol. The fraction of sp³-hybridized carbons (Fsp3) is 0.538. The van der Waals surface area contributed by atoms with Crippen LogP contribution in [0.5, 0.6) is 0 Å². The second-order valence-electron chi connectivity index (χ2n) is 4.53. The lowest BCUT2D eigenvalue weighted by molar-refractivity contribution is 0.00744. The second-order valence-corrected chi connectivity index (χ2v) is 4.53. The van der Waals surface area contributed by atoms with Gasteiger partial charge in [-0.15, -0.1) is 0 Å². The van der Waals surface area contributed by atoms with Crippen molar-refractivity contribution in [1.29, 1.82) is 0 Å². The largest absolute Gasteiger partial charge is 0.398 e. The molecule has 1 aromatic carbocycles. The molecule has 16 heavy (non-hydrogen) atoms. The van der Waals surface area contributed by atoms with Crippen LogP contribution < -0.4 is 5.73 Å². The maximum absolute atomic E-state index is 10.3. The number of hydrogen-bond acceptors (Lipinski definition) is 3. The van der Waals surface area contributed by atoms with Crippen molar-refractivity contribution < 1.29 is 9.84 Å². The van der Waals surface area contributed by atoms with E-state index in [-0.39, 0.29) is 5.92 Å². The maximum atomic E-state index is 10.3. The van der Waals surface area contributed by atoms with Crippen LogP contribution in [0, 0.1) is 12.8 Å². The van der Waals surface area contributed by atoms with Gasteiger partial charge < -0.3 is 15.6 Å². The van der Waals surface area contributed by atoms with Crippen molar-refractivity contribution in [3.8, 4) is 0 Å². The molecule has 0 radical (unpaired) electrons. The number of aliphatic hydroxyl groups excluding tert-OH is 1. The molecule has 1 saturated heterocycles. The summed E-state index contributed by atoms with van der Waals surface area (Å²) in [4.78, 5) is 0. The van der Waals surface area contributed by atoms with Gasteiger partial charge >= 0.3 is 0 Å². The summed E-state index contributed by atoms with van der Waals surface area (Å²) in [6, 6.07) is 5.82. The monoisotopic (exact) mass is 221 g/mol. The first-order chi connectivity index (χ1) is 7.68. The van der Waals surface area contributed by atoms with Crippen LogP contribution in [-0.4, -0.2) is 18.3 Å². The summed E-state index contributed by atoms with van der Waals surface area (Å²) >= 11 is 0. The first-order valence-corrected chi connectivity index (χ1v) is 5.80. The zero-order chi connectivity index (χ0) is 11.5. The van der Waals surface area contributed by atoms with Crippen molar-refractivity contribution >= 4 is 5.69 Å². The molecule has 1 heterocycles. The quantitative estimate of drug-likeness (QED) is 0.751. The lowest BCUT2D eigenvalue weighted by atomic mass is 9.88. The van der Waals surface area contributed by atoms with E-state index in [9.17, 15) is 5.11 Å². The Kier molecular flexibility index (Phi) is 3.46. The standard InChI is InChI=1S/C13H19NO2/c1-9-2-3-12(14)11(8-9)13(15)10-4-6-16-7-5-10/h2-3,8,10,13,15H,4-7,14H2,1H3. The first kappa shape index (κ1) is 11.4. The van der Waals surface area contributed by atoms with Crippen molar-refractivity contribution in [3.05, 3.63) is 29.3 Å². The van der Waals surface area contributed by atoms with Gasteiger partial charge in [-0.05, 0) is 31.7 Å². The van der Waals surface area contributed by atoms with Crippen LogP contribution in [0.25, 0.3) is 0 Å². The molecule has 0 spiro atoms. The highest BCUT2D eigenvalue weighted by molar-refractivity contribution is 5.49. The van der Waals surface area contributed by atoms with E-state index in [1.54, 1.807) is 0 Å². The molecule has 1 aromatic rings. The van der Waals surface area contributed by atoms with Gasteiger partial charge in [-0.25, -0.2) is 0 Å². The second kappa shape index (κ2) is 4.85. The maximum Gasteiger partial charge on any atom is 0.0839 e.